The molecule has 0 spiro atoms. The van der Waals surface area contributed by atoms with Gasteiger partial charge >= 0.3 is 11.9 Å². The van der Waals surface area contributed by atoms with Crippen LogP contribution in [0.3, 0.4) is 0 Å². The van der Waals surface area contributed by atoms with Crippen molar-refractivity contribution in [3.8, 4) is 0 Å². The van der Waals surface area contributed by atoms with E-state index >= 15 is 0 Å². The third kappa shape index (κ3) is 5.50. The van der Waals surface area contributed by atoms with Gasteiger partial charge in [0.2, 0.25) is 17.6 Å². The first-order chi connectivity index (χ1) is 16.7. The molecule has 4 rings (SSSR count). The van der Waals surface area contributed by atoms with Gasteiger partial charge in [0.25, 0.3) is 5.84 Å². The molecule has 1 unspecified atom stereocenters. The van der Waals surface area contributed by atoms with Gasteiger partial charge in [0.1, 0.15) is 5.04 Å². The van der Waals surface area contributed by atoms with Crippen LogP contribution < -0.4 is 10.6 Å². The fourth-order valence-electron chi connectivity index (χ4n) is 4.46. The Morgan fingerprint density at radius 3 is 2.49 bits per heavy atom. The molecule has 1 aromatic carbocycles. The highest BCUT2D eigenvalue weighted by atomic mass is 32.2. The van der Waals surface area contributed by atoms with Crippen molar-refractivity contribution in [3.05, 3.63) is 24.3 Å². The summed E-state index contributed by atoms with van der Waals surface area (Å²) >= 11 is 1.18. The van der Waals surface area contributed by atoms with Crippen LogP contribution in [-0.2, 0) is 14.4 Å². The zero-order chi connectivity index (χ0) is 25.1. The van der Waals surface area contributed by atoms with Gasteiger partial charge in [-0.25, -0.2) is 9.79 Å². The number of hydrogen-bond acceptors (Lipinski definition) is 7. The molecule has 0 aromatic heterocycles. The van der Waals surface area contributed by atoms with E-state index in [0.717, 1.165) is 30.6 Å². The van der Waals surface area contributed by atoms with Crippen LogP contribution >= 0.6 is 11.8 Å². The monoisotopic (exact) mass is 497 g/mol. The van der Waals surface area contributed by atoms with Gasteiger partial charge in [-0.2, -0.15) is 9.48 Å². The van der Waals surface area contributed by atoms with Crippen LogP contribution in [0.1, 0.15) is 39.0 Å². The SMILES string of the molecule is CC(=O)Nc1cccc(NC(=O)CSC2=NC(C3CCCCC3)=NC3=[N+](C)C(=O)N(C)C(=O)C23)c1. The van der Waals surface area contributed by atoms with E-state index in [4.69, 9.17) is 4.99 Å². The standard InChI is InChI=1S/C24H28N6O4S/c1-14(31)25-16-10-7-11-17(12-16)26-18(32)13-35-22-19-21(29(2)24(34)30(3)23(19)33)27-20(28-22)15-8-5-4-6-9-15/h7,10-12,15,19H,4-6,8-9,13H2,1-3H3,(H-,25,26,31,32)/p+1. The van der Waals surface area contributed by atoms with Crippen molar-refractivity contribution in [2.75, 3.05) is 30.5 Å². The molecule has 1 saturated carbocycles. The van der Waals surface area contributed by atoms with Gasteiger partial charge in [-0.3, -0.25) is 14.4 Å². The number of nitrogens with zero attached hydrogens (tertiary/aromatic N) is 4. The molecule has 0 radical (unpaired) electrons. The first-order valence-electron chi connectivity index (χ1n) is 11.6. The normalized spacial score (nSPS) is 20.8. The number of benzene rings is 1. The van der Waals surface area contributed by atoms with Gasteiger partial charge in [-0.05, 0) is 31.0 Å². The van der Waals surface area contributed by atoms with Crippen LogP contribution in [0, 0.1) is 11.8 Å². The molecule has 0 bridgehead atoms. The topological polar surface area (TPSA) is 123 Å². The second-order valence-electron chi connectivity index (χ2n) is 8.88. The van der Waals surface area contributed by atoms with E-state index < -0.39 is 17.9 Å². The molecule has 2 aliphatic heterocycles. The third-order valence-electron chi connectivity index (χ3n) is 6.24. The van der Waals surface area contributed by atoms with Crippen molar-refractivity contribution in [3.63, 3.8) is 0 Å². The maximum Gasteiger partial charge on any atom is 0.445 e. The van der Waals surface area contributed by atoms with Crippen LogP contribution in [0.25, 0.3) is 0 Å². The number of hydrogen-bond donors (Lipinski definition) is 2. The minimum absolute atomic E-state index is 0.0274. The van der Waals surface area contributed by atoms with Crippen molar-refractivity contribution in [1.29, 1.82) is 0 Å². The molecular weight excluding hydrogens is 468 g/mol. The summed E-state index contributed by atoms with van der Waals surface area (Å²) < 4.78 is 1.40. The van der Waals surface area contributed by atoms with Crippen molar-refractivity contribution in [1.82, 2.24) is 4.90 Å². The number of rotatable bonds is 5. The number of carbonyl (C=O) groups is 4. The average Bonchev–Trinajstić information content (AvgIpc) is 2.84. The minimum Gasteiger partial charge on any atom is -0.326 e. The predicted octanol–water partition coefficient (Wildman–Crippen LogP) is 2.96. The van der Waals surface area contributed by atoms with Crippen LogP contribution in [0.2, 0.25) is 0 Å². The minimum atomic E-state index is -0.809. The number of nitrogens with one attached hydrogen (secondary N) is 2. The van der Waals surface area contributed by atoms with E-state index in [0.29, 0.717) is 28.1 Å². The molecule has 35 heavy (non-hydrogen) atoms. The Morgan fingerprint density at radius 1 is 1.11 bits per heavy atom. The molecule has 10 nitrogen and oxygen atoms in total. The maximum absolute atomic E-state index is 13.0. The third-order valence-corrected chi connectivity index (χ3v) is 7.27. The highest BCUT2D eigenvalue weighted by Gasteiger charge is 2.49. The second-order valence-corrected chi connectivity index (χ2v) is 9.88. The Morgan fingerprint density at radius 2 is 1.80 bits per heavy atom. The summed E-state index contributed by atoms with van der Waals surface area (Å²) in [6, 6.07) is 6.43. The average molecular weight is 498 g/mol. The number of anilines is 2. The zero-order valence-corrected chi connectivity index (χ0v) is 20.9. The zero-order valence-electron chi connectivity index (χ0n) is 20.0. The summed E-state index contributed by atoms with van der Waals surface area (Å²) in [4.78, 5) is 60.1. The first kappa shape index (κ1) is 24.8. The Kier molecular flexibility index (Phi) is 7.44. The first-order valence-corrected chi connectivity index (χ1v) is 12.6. The van der Waals surface area contributed by atoms with Crippen molar-refractivity contribution >= 4 is 63.6 Å². The molecule has 1 aromatic rings. The fourth-order valence-corrected chi connectivity index (χ4v) is 5.35. The number of urea groups is 1. The molecule has 1 aliphatic carbocycles. The van der Waals surface area contributed by atoms with Crippen LogP contribution in [0.5, 0.6) is 0 Å². The Balaban J connectivity index is 1.54. The summed E-state index contributed by atoms with van der Waals surface area (Å²) in [6.07, 6.45) is 5.30. The molecule has 2 heterocycles. The van der Waals surface area contributed by atoms with Gasteiger partial charge in [0.15, 0.2) is 5.92 Å². The number of carbonyl (C=O) groups excluding carboxylic acids is 4. The van der Waals surface area contributed by atoms with Crippen LogP contribution in [-0.4, -0.2) is 69.8 Å². The largest absolute Gasteiger partial charge is 0.445 e. The molecule has 184 valence electrons. The number of aliphatic imine (C=N–C) groups is 2. The highest BCUT2D eigenvalue weighted by Crippen LogP contribution is 2.31. The number of amidine groups is 2. The molecule has 3 aliphatic rings. The lowest BCUT2D eigenvalue weighted by atomic mass is 9.88. The summed E-state index contributed by atoms with van der Waals surface area (Å²) in [5.74, 6) is -0.469. The quantitative estimate of drug-likeness (QED) is 0.606. The fraction of sp³-hybridized carbons (Fsp3) is 0.458. The molecule has 5 amide bonds. The van der Waals surface area contributed by atoms with Crippen molar-refractivity contribution < 1.29 is 23.8 Å². The molecule has 1 fully saturated rings. The molecule has 11 heteroatoms. The van der Waals surface area contributed by atoms with E-state index in [2.05, 4.69) is 15.6 Å². The summed E-state index contributed by atoms with van der Waals surface area (Å²) in [7, 11) is 3.05. The number of imide groups is 1. The smallest absolute Gasteiger partial charge is 0.326 e. The van der Waals surface area contributed by atoms with Gasteiger partial charge in [-0.15, -0.1) is 0 Å². The molecule has 0 saturated heterocycles. The van der Waals surface area contributed by atoms with E-state index in [1.165, 1.54) is 36.7 Å². The summed E-state index contributed by atoms with van der Waals surface area (Å²) in [5.41, 5.74) is 1.12. The Hall–Kier alpha value is -3.34. The van der Waals surface area contributed by atoms with E-state index in [9.17, 15) is 19.2 Å². The number of amides is 5. The van der Waals surface area contributed by atoms with E-state index in [-0.39, 0.29) is 23.5 Å². The predicted molar refractivity (Wildman–Crippen MR) is 136 cm³/mol. The molecule has 1 atom stereocenters. The lowest BCUT2D eigenvalue weighted by Crippen LogP contribution is -2.55. The Labute approximate surface area is 208 Å². The van der Waals surface area contributed by atoms with Gasteiger partial charge < -0.3 is 10.6 Å². The van der Waals surface area contributed by atoms with Crippen LogP contribution in [0.15, 0.2) is 34.3 Å². The van der Waals surface area contributed by atoms with Crippen LogP contribution in [0.4, 0.5) is 16.2 Å². The lowest BCUT2D eigenvalue weighted by Gasteiger charge is -2.28. The van der Waals surface area contributed by atoms with Crippen molar-refractivity contribution in [2.24, 2.45) is 21.8 Å². The highest BCUT2D eigenvalue weighted by molar-refractivity contribution is 8.14. The van der Waals surface area contributed by atoms with Gasteiger partial charge in [0.05, 0.1) is 19.8 Å². The molecule has 2 N–H and O–H groups in total. The number of thioether (sulfide) groups is 1. The number of fused-ring (bicyclic) bond motifs is 1. The molecular formula is C24H29N6O4S+. The lowest BCUT2D eigenvalue weighted by molar-refractivity contribution is -0.407. The van der Waals surface area contributed by atoms with E-state index in [1.807, 2.05) is 0 Å². The summed E-state index contributed by atoms with van der Waals surface area (Å²) in [6.45, 7) is 1.41. The van der Waals surface area contributed by atoms with Gasteiger partial charge in [0, 0.05) is 24.2 Å². The van der Waals surface area contributed by atoms with Crippen molar-refractivity contribution in [2.45, 2.75) is 39.0 Å². The summed E-state index contributed by atoms with van der Waals surface area (Å²) in [5, 5.41) is 5.98. The van der Waals surface area contributed by atoms with E-state index in [1.54, 1.807) is 31.3 Å². The second kappa shape index (κ2) is 10.5. The Bertz CT molecular complexity index is 1170. The maximum atomic E-state index is 13.0. The van der Waals surface area contributed by atoms with Gasteiger partial charge in [-0.1, -0.05) is 42.1 Å².